The summed E-state index contributed by atoms with van der Waals surface area (Å²) >= 11 is 0. The zero-order valence-corrected chi connectivity index (χ0v) is 15.0. The molecule has 2 aromatic carbocycles. The number of hydrogen-bond acceptors (Lipinski definition) is 5. The maximum absolute atomic E-state index is 13.6. The first kappa shape index (κ1) is 20.1. The Hall–Kier alpha value is -3.22. The summed E-state index contributed by atoms with van der Waals surface area (Å²) in [5.74, 6) is -2.40. The number of hydrogen-bond donors (Lipinski definition) is 1. The number of Topliss-reactive ketones (excluding diaryl/α,β-unsaturated/α-hetero) is 1. The number of ether oxygens (including phenoxy) is 2. The van der Waals surface area contributed by atoms with Crippen molar-refractivity contribution in [2.75, 3.05) is 13.7 Å². The molecule has 6 nitrogen and oxygen atoms in total. The monoisotopic (exact) mass is 373 g/mol. The van der Waals surface area contributed by atoms with Crippen molar-refractivity contribution in [2.24, 2.45) is 0 Å². The fraction of sp³-hybridized carbons (Fsp3) is 0.250. The molecule has 0 aliphatic heterocycles. The number of rotatable bonds is 8. The van der Waals surface area contributed by atoms with Crippen LogP contribution < -0.4 is 10.1 Å². The molecule has 0 heterocycles. The summed E-state index contributed by atoms with van der Waals surface area (Å²) in [6, 6.07) is 12.1. The Labute approximate surface area is 156 Å². The molecule has 0 fully saturated rings. The third-order valence-electron chi connectivity index (χ3n) is 3.83. The number of carbonyl (C=O) groups excluding carboxylic acids is 3. The number of ketones is 1. The van der Waals surface area contributed by atoms with Crippen molar-refractivity contribution in [1.82, 2.24) is 5.32 Å². The average Bonchev–Trinajstić information content (AvgIpc) is 2.66. The van der Waals surface area contributed by atoms with E-state index in [1.807, 2.05) is 30.3 Å². The summed E-state index contributed by atoms with van der Waals surface area (Å²) in [6.07, 6.45) is 0.333. The van der Waals surface area contributed by atoms with Gasteiger partial charge in [-0.3, -0.25) is 9.59 Å². The molecule has 7 heteroatoms. The van der Waals surface area contributed by atoms with E-state index in [4.69, 9.17) is 9.47 Å². The molecule has 0 spiro atoms. The van der Waals surface area contributed by atoms with Crippen LogP contribution in [0.4, 0.5) is 4.39 Å². The standard InChI is InChI=1S/C20H20FNO5/c1-13(23)17(10-14-6-4-3-5-7-14)22-19(24)12-27-20(25)15-8-9-18(26-2)16(21)11-15/h3-9,11,17H,10,12H2,1-2H3,(H,22,24)/t17-/m0/s1. The van der Waals surface area contributed by atoms with Gasteiger partial charge in [0.25, 0.3) is 5.91 Å². The summed E-state index contributed by atoms with van der Waals surface area (Å²) in [6.45, 7) is 0.797. The number of methoxy groups -OCH3 is 1. The first-order chi connectivity index (χ1) is 12.9. The van der Waals surface area contributed by atoms with Crippen LogP contribution in [0.25, 0.3) is 0 Å². The van der Waals surface area contributed by atoms with Gasteiger partial charge in [-0.25, -0.2) is 9.18 Å². The van der Waals surface area contributed by atoms with Gasteiger partial charge < -0.3 is 14.8 Å². The van der Waals surface area contributed by atoms with Crippen LogP contribution in [-0.2, 0) is 20.7 Å². The third-order valence-corrected chi connectivity index (χ3v) is 3.83. The highest BCUT2D eigenvalue weighted by Gasteiger charge is 2.19. The van der Waals surface area contributed by atoms with Crippen molar-refractivity contribution in [3.8, 4) is 5.75 Å². The lowest BCUT2D eigenvalue weighted by atomic mass is 10.0. The second-order valence-electron chi connectivity index (χ2n) is 5.85. The molecule has 2 rings (SSSR count). The van der Waals surface area contributed by atoms with Crippen LogP contribution in [-0.4, -0.2) is 37.4 Å². The van der Waals surface area contributed by atoms with Gasteiger partial charge in [0, 0.05) is 0 Å². The van der Waals surface area contributed by atoms with Gasteiger partial charge >= 0.3 is 5.97 Å². The van der Waals surface area contributed by atoms with E-state index in [1.165, 1.54) is 26.2 Å². The predicted octanol–water partition coefficient (Wildman–Crippen LogP) is 2.31. The van der Waals surface area contributed by atoms with E-state index < -0.39 is 30.3 Å². The van der Waals surface area contributed by atoms with Crippen molar-refractivity contribution in [2.45, 2.75) is 19.4 Å². The molecule has 0 aliphatic carbocycles. The van der Waals surface area contributed by atoms with Crippen LogP contribution in [0.5, 0.6) is 5.75 Å². The topological polar surface area (TPSA) is 81.7 Å². The van der Waals surface area contributed by atoms with E-state index in [0.29, 0.717) is 6.42 Å². The summed E-state index contributed by atoms with van der Waals surface area (Å²) in [5, 5.41) is 2.54. The van der Waals surface area contributed by atoms with E-state index in [0.717, 1.165) is 11.6 Å². The Balaban J connectivity index is 1.90. The van der Waals surface area contributed by atoms with Gasteiger partial charge in [-0.1, -0.05) is 30.3 Å². The molecule has 1 atom stereocenters. The van der Waals surface area contributed by atoms with Gasteiger partial charge in [0.2, 0.25) is 0 Å². The molecule has 0 bridgehead atoms. The third kappa shape index (κ3) is 5.91. The van der Waals surface area contributed by atoms with Crippen LogP contribution in [0.1, 0.15) is 22.8 Å². The van der Waals surface area contributed by atoms with Gasteiger partial charge in [-0.15, -0.1) is 0 Å². The molecule has 27 heavy (non-hydrogen) atoms. The number of carbonyl (C=O) groups is 3. The van der Waals surface area contributed by atoms with E-state index in [1.54, 1.807) is 0 Å². The predicted molar refractivity (Wildman–Crippen MR) is 96.0 cm³/mol. The van der Waals surface area contributed by atoms with Crippen molar-refractivity contribution in [3.05, 3.63) is 65.5 Å². The Bertz CT molecular complexity index is 822. The second kappa shape index (κ2) is 9.47. The number of benzene rings is 2. The second-order valence-corrected chi connectivity index (χ2v) is 5.85. The highest BCUT2D eigenvalue weighted by atomic mass is 19.1. The Morgan fingerprint density at radius 3 is 2.41 bits per heavy atom. The minimum atomic E-state index is -0.853. The lowest BCUT2D eigenvalue weighted by Gasteiger charge is -2.16. The van der Waals surface area contributed by atoms with Crippen molar-refractivity contribution in [3.63, 3.8) is 0 Å². The normalized spacial score (nSPS) is 11.4. The van der Waals surface area contributed by atoms with Gasteiger partial charge in [-0.2, -0.15) is 0 Å². The maximum Gasteiger partial charge on any atom is 0.338 e. The molecule has 2 aromatic rings. The largest absolute Gasteiger partial charge is 0.494 e. The molecule has 0 saturated carbocycles. The van der Waals surface area contributed by atoms with Crippen molar-refractivity contribution in [1.29, 1.82) is 0 Å². The summed E-state index contributed by atoms with van der Waals surface area (Å²) < 4.78 is 23.3. The molecule has 0 aliphatic rings. The van der Waals surface area contributed by atoms with Crippen LogP contribution in [0.3, 0.4) is 0 Å². The fourth-order valence-electron chi connectivity index (χ4n) is 2.39. The van der Waals surface area contributed by atoms with Gasteiger partial charge in [0.05, 0.1) is 18.7 Å². The van der Waals surface area contributed by atoms with Gasteiger partial charge in [0.1, 0.15) is 0 Å². The van der Waals surface area contributed by atoms with E-state index in [2.05, 4.69) is 5.32 Å². The van der Waals surface area contributed by atoms with Gasteiger partial charge in [0.15, 0.2) is 24.0 Å². The lowest BCUT2D eigenvalue weighted by Crippen LogP contribution is -2.43. The Kier molecular flexibility index (Phi) is 7.05. The summed E-state index contributed by atoms with van der Waals surface area (Å²) in [5.41, 5.74) is 0.845. The minimum absolute atomic E-state index is 0.00509. The summed E-state index contributed by atoms with van der Waals surface area (Å²) in [7, 11) is 1.31. The molecule has 1 amide bonds. The molecule has 0 aromatic heterocycles. The molecule has 0 unspecified atom stereocenters. The number of nitrogens with one attached hydrogen (secondary N) is 1. The zero-order valence-electron chi connectivity index (χ0n) is 15.0. The molecule has 1 N–H and O–H groups in total. The highest BCUT2D eigenvalue weighted by molar-refractivity contribution is 5.92. The summed E-state index contributed by atoms with van der Waals surface area (Å²) in [4.78, 5) is 35.7. The van der Waals surface area contributed by atoms with Crippen LogP contribution in [0, 0.1) is 5.82 Å². The Morgan fingerprint density at radius 1 is 1.11 bits per heavy atom. The number of halogens is 1. The number of esters is 1. The van der Waals surface area contributed by atoms with Crippen molar-refractivity contribution < 1.29 is 28.2 Å². The van der Waals surface area contributed by atoms with Gasteiger partial charge in [-0.05, 0) is 37.1 Å². The lowest BCUT2D eigenvalue weighted by molar-refractivity contribution is -0.128. The molecule has 142 valence electrons. The quantitative estimate of drug-likeness (QED) is 0.718. The average molecular weight is 373 g/mol. The van der Waals surface area contributed by atoms with Crippen LogP contribution in [0.2, 0.25) is 0 Å². The van der Waals surface area contributed by atoms with Crippen molar-refractivity contribution >= 4 is 17.7 Å². The first-order valence-corrected chi connectivity index (χ1v) is 8.25. The van der Waals surface area contributed by atoms with Crippen LogP contribution >= 0.6 is 0 Å². The minimum Gasteiger partial charge on any atom is -0.494 e. The fourth-order valence-corrected chi connectivity index (χ4v) is 2.39. The molecular formula is C20H20FNO5. The maximum atomic E-state index is 13.6. The molecule has 0 saturated heterocycles. The molecular weight excluding hydrogens is 353 g/mol. The first-order valence-electron chi connectivity index (χ1n) is 8.25. The Morgan fingerprint density at radius 2 is 1.81 bits per heavy atom. The highest BCUT2D eigenvalue weighted by Crippen LogP contribution is 2.18. The SMILES string of the molecule is COc1ccc(C(=O)OCC(=O)N[C@@H](Cc2ccccc2)C(C)=O)cc1F. The smallest absolute Gasteiger partial charge is 0.338 e. The van der Waals surface area contributed by atoms with Crippen LogP contribution in [0.15, 0.2) is 48.5 Å². The van der Waals surface area contributed by atoms with E-state index in [-0.39, 0.29) is 17.1 Å². The molecule has 0 radical (unpaired) electrons. The van der Waals surface area contributed by atoms with E-state index in [9.17, 15) is 18.8 Å². The number of amides is 1. The van der Waals surface area contributed by atoms with E-state index >= 15 is 0 Å². The zero-order chi connectivity index (χ0) is 19.8.